The number of nitrogens with two attached hydrogens (primary N) is 1. The van der Waals surface area contributed by atoms with E-state index in [9.17, 15) is 4.79 Å². The number of amides is 1. The molecule has 4 heteroatoms. The van der Waals surface area contributed by atoms with Crippen LogP contribution in [0, 0.1) is 5.92 Å². The largest absolute Gasteiger partial charge is 0.356 e. The van der Waals surface area contributed by atoms with E-state index in [0.29, 0.717) is 12.6 Å². The normalized spacial score (nSPS) is 26.3. The Labute approximate surface area is 92.0 Å². The van der Waals surface area contributed by atoms with Gasteiger partial charge in [0, 0.05) is 18.5 Å². The molecular weight excluding hydrogens is 190 g/mol. The van der Waals surface area contributed by atoms with Gasteiger partial charge in [0.15, 0.2) is 0 Å². The lowest BCUT2D eigenvalue weighted by Crippen LogP contribution is -2.42. The van der Waals surface area contributed by atoms with E-state index < -0.39 is 0 Å². The van der Waals surface area contributed by atoms with Gasteiger partial charge in [-0.3, -0.25) is 4.79 Å². The molecule has 0 radical (unpaired) electrons. The summed E-state index contributed by atoms with van der Waals surface area (Å²) < 4.78 is 0. The van der Waals surface area contributed by atoms with Crippen LogP contribution in [0.15, 0.2) is 0 Å². The molecule has 2 unspecified atom stereocenters. The van der Waals surface area contributed by atoms with Crippen molar-refractivity contribution in [3.63, 3.8) is 0 Å². The van der Waals surface area contributed by atoms with Crippen molar-refractivity contribution in [1.29, 1.82) is 0 Å². The van der Waals surface area contributed by atoms with E-state index in [2.05, 4.69) is 17.6 Å². The van der Waals surface area contributed by atoms with E-state index >= 15 is 0 Å². The van der Waals surface area contributed by atoms with Crippen LogP contribution in [0.4, 0.5) is 0 Å². The lowest BCUT2D eigenvalue weighted by Gasteiger charge is -2.27. The molecule has 88 valence electrons. The molecule has 4 nitrogen and oxygen atoms in total. The van der Waals surface area contributed by atoms with E-state index in [-0.39, 0.29) is 11.8 Å². The fourth-order valence-electron chi connectivity index (χ4n) is 2.00. The number of unbranched alkanes of at least 4 members (excludes halogenated alkanes) is 1. The van der Waals surface area contributed by atoms with Crippen molar-refractivity contribution >= 4 is 5.91 Å². The molecule has 1 aliphatic heterocycles. The molecule has 2 atom stereocenters. The molecule has 1 aliphatic rings. The first-order chi connectivity index (χ1) is 7.24. The summed E-state index contributed by atoms with van der Waals surface area (Å²) in [6.45, 7) is 4.57. The third-order valence-corrected chi connectivity index (χ3v) is 2.92. The smallest absolute Gasteiger partial charge is 0.223 e. The lowest BCUT2D eigenvalue weighted by atomic mass is 9.92. The average Bonchev–Trinajstić information content (AvgIpc) is 2.24. The molecule has 0 saturated carbocycles. The summed E-state index contributed by atoms with van der Waals surface area (Å²) in [4.78, 5) is 11.7. The molecule has 0 aromatic rings. The van der Waals surface area contributed by atoms with E-state index in [1.807, 2.05) is 0 Å². The van der Waals surface area contributed by atoms with Crippen molar-refractivity contribution in [3.8, 4) is 0 Å². The molecule has 1 fully saturated rings. The Balaban J connectivity index is 2.15. The summed E-state index contributed by atoms with van der Waals surface area (Å²) in [6, 6.07) is 0.471. The molecule has 0 spiro atoms. The van der Waals surface area contributed by atoms with E-state index in [1.54, 1.807) is 0 Å². The second kappa shape index (κ2) is 6.80. The first-order valence-electron chi connectivity index (χ1n) is 5.95. The van der Waals surface area contributed by atoms with Gasteiger partial charge in [0.1, 0.15) is 0 Å². The molecule has 4 N–H and O–H groups in total. The number of piperidine rings is 1. The highest BCUT2D eigenvalue weighted by atomic mass is 16.1. The molecule has 0 aromatic carbocycles. The zero-order valence-electron chi connectivity index (χ0n) is 9.59. The van der Waals surface area contributed by atoms with Crippen LogP contribution in [-0.4, -0.2) is 31.6 Å². The zero-order valence-corrected chi connectivity index (χ0v) is 9.59. The molecule has 0 aromatic heterocycles. The van der Waals surface area contributed by atoms with Crippen molar-refractivity contribution < 1.29 is 4.79 Å². The highest BCUT2D eigenvalue weighted by Gasteiger charge is 2.23. The monoisotopic (exact) mass is 213 g/mol. The molecule has 1 amide bonds. The Morgan fingerprint density at radius 2 is 2.33 bits per heavy atom. The maximum atomic E-state index is 11.7. The number of carbonyl (C=O) groups is 1. The minimum absolute atomic E-state index is 0.208. The molecule has 1 saturated heterocycles. The minimum atomic E-state index is 0.208. The number of hydrogen-bond donors (Lipinski definition) is 3. The fraction of sp³-hybridized carbons (Fsp3) is 0.909. The van der Waals surface area contributed by atoms with Crippen molar-refractivity contribution in [1.82, 2.24) is 10.6 Å². The van der Waals surface area contributed by atoms with Crippen molar-refractivity contribution in [2.24, 2.45) is 11.7 Å². The second-order valence-electron chi connectivity index (χ2n) is 4.36. The number of hydrogen-bond acceptors (Lipinski definition) is 3. The fourth-order valence-corrected chi connectivity index (χ4v) is 2.00. The number of rotatable bonds is 5. The Hall–Kier alpha value is -0.610. The predicted octanol–water partition coefficient (Wildman–Crippen LogP) is 0.230. The lowest BCUT2D eigenvalue weighted by molar-refractivity contribution is -0.126. The van der Waals surface area contributed by atoms with Crippen LogP contribution in [0.3, 0.4) is 0 Å². The highest BCUT2D eigenvalue weighted by Crippen LogP contribution is 2.15. The van der Waals surface area contributed by atoms with Crippen molar-refractivity contribution in [2.45, 2.75) is 38.6 Å². The van der Waals surface area contributed by atoms with Crippen LogP contribution >= 0.6 is 0 Å². The standard InChI is InChI=1S/C11H23N3O/c1-9-8-10(4-7-13-9)11(15)14-6-3-2-5-12/h9-10,13H,2-8,12H2,1H3,(H,14,15). The predicted molar refractivity (Wildman–Crippen MR) is 61.5 cm³/mol. The van der Waals surface area contributed by atoms with Crippen LogP contribution in [-0.2, 0) is 4.79 Å². The quantitative estimate of drug-likeness (QED) is 0.573. The van der Waals surface area contributed by atoms with Crippen LogP contribution in [0.25, 0.3) is 0 Å². The average molecular weight is 213 g/mol. The van der Waals surface area contributed by atoms with Crippen LogP contribution in [0.1, 0.15) is 32.6 Å². The Morgan fingerprint density at radius 3 is 3.00 bits per heavy atom. The van der Waals surface area contributed by atoms with Gasteiger partial charge in [0.25, 0.3) is 0 Å². The third-order valence-electron chi connectivity index (χ3n) is 2.92. The summed E-state index contributed by atoms with van der Waals surface area (Å²) in [6.07, 6.45) is 3.90. The van der Waals surface area contributed by atoms with Gasteiger partial charge in [0.2, 0.25) is 5.91 Å². The molecule has 1 rings (SSSR count). The first kappa shape index (κ1) is 12.5. The van der Waals surface area contributed by atoms with Gasteiger partial charge in [0.05, 0.1) is 0 Å². The summed E-state index contributed by atoms with van der Waals surface area (Å²) in [7, 11) is 0. The summed E-state index contributed by atoms with van der Waals surface area (Å²) >= 11 is 0. The van der Waals surface area contributed by atoms with Gasteiger partial charge < -0.3 is 16.4 Å². The van der Waals surface area contributed by atoms with Crippen molar-refractivity contribution in [3.05, 3.63) is 0 Å². The number of nitrogens with one attached hydrogen (secondary N) is 2. The van der Waals surface area contributed by atoms with Gasteiger partial charge in [-0.1, -0.05) is 0 Å². The Bertz CT molecular complexity index is 196. The highest BCUT2D eigenvalue weighted by molar-refractivity contribution is 5.78. The minimum Gasteiger partial charge on any atom is -0.356 e. The summed E-state index contributed by atoms with van der Waals surface area (Å²) in [5.74, 6) is 0.430. The third kappa shape index (κ3) is 4.62. The molecule has 0 bridgehead atoms. The van der Waals surface area contributed by atoms with Crippen LogP contribution in [0.2, 0.25) is 0 Å². The maximum absolute atomic E-state index is 11.7. The number of carbonyl (C=O) groups excluding carboxylic acids is 1. The molecule has 15 heavy (non-hydrogen) atoms. The summed E-state index contributed by atoms with van der Waals surface area (Å²) in [5, 5.41) is 6.33. The first-order valence-corrected chi connectivity index (χ1v) is 5.95. The van der Waals surface area contributed by atoms with Gasteiger partial charge in [-0.05, 0) is 45.7 Å². The van der Waals surface area contributed by atoms with E-state index in [4.69, 9.17) is 5.73 Å². The Morgan fingerprint density at radius 1 is 1.53 bits per heavy atom. The van der Waals surface area contributed by atoms with Gasteiger partial charge >= 0.3 is 0 Å². The van der Waals surface area contributed by atoms with E-state index in [1.165, 1.54) is 0 Å². The molecule has 0 aliphatic carbocycles. The molecular formula is C11H23N3O. The second-order valence-corrected chi connectivity index (χ2v) is 4.36. The van der Waals surface area contributed by atoms with Gasteiger partial charge in [-0.25, -0.2) is 0 Å². The maximum Gasteiger partial charge on any atom is 0.223 e. The van der Waals surface area contributed by atoms with Crippen LogP contribution < -0.4 is 16.4 Å². The van der Waals surface area contributed by atoms with Crippen LogP contribution in [0.5, 0.6) is 0 Å². The molecule has 1 heterocycles. The topological polar surface area (TPSA) is 67.2 Å². The van der Waals surface area contributed by atoms with Gasteiger partial charge in [-0.2, -0.15) is 0 Å². The van der Waals surface area contributed by atoms with Crippen molar-refractivity contribution in [2.75, 3.05) is 19.6 Å². The summed E-state index contributed by atoms with van der Waals surface area (Å²) in [5.41, 5.74) is 5.39. The SMILES string of the molecule is CC1CC(C(=O)NCCCCN)CCN1. The van der Waals surface area contributed by atoms with Gasteiger partial charge in [-0.15, -0.1) is 0 Å². The zero-order chi connectivity index (χ0) is 11.1. The van der Waals surface area contributed by atoms with E-state index in [0.717, 1.165) is 38.8 Å². The Kier molecular flexibility index (Phi) is 5.65.